The highest BCUT2D eigenvalue weighted by Gasteiger charge is 2.21. The zero-order chi connectivity index (χ0) is 26.3. The monoisotopic (exact) mass is 501 g/mol. The summed E-state index contributed by atoms with van der Waals surface area (Å²) in [5, 5.41) is 15.5. The number of hydrogen-bond acceptors (Lipinski definition) is 6. The van der Waals surface area contributed by atoms with E-state index in [0.717, 1.165) is 11.3 Å². The van der Waals surface area contributed by atoms with Gasteiger partial charge in [-0.05, 0) is 56.5 Å². The number of guanidine groups is 1. The van der Waals surface area contributed by atoms with E-state index in [1.54, 1.807) is 48.5 Å². The largest absolute Gasteiger partial charge is 0.322 e. The van der Waals surface area contributed by atoms with Gasteiger partial charge in [0.2, 0.25) is 11.9 Å². The van der Waals surface area contributed by atoms with Crippen molar-refractivity contribution in [3.8, 4) is 6.07 Å². The molecule has 0 aliphatic carbocycles. The summed E-state index contributed by atoms with van der Waals surface area (Å²) < 4.78 is 0. The lowest BCUT2D eigenvalue weighted by Crippen LogP contribution is -2.24. The molecule has 3 rings (SSSR count). The van der Waals surface area contributed by atoms with Crippen LogP contribution in [-0.4, -0.2) is 42.5 Å². The Morgan fingerprint density at radius 3 is 2.67 bits per heavy atom. The number of amidine groups is 1. The van der Waals surface area contributed by atoms with Crippen molar-refractivity contribution < 1.29 is 9.59 Å². The summed E-state index contributed by atoms with van der Waals surface area (Å²) in [4.78, 5) is 38.5. The molecule has 2 aromatic carbocycles. The van der Waals surface area contributed by atoms with E-state index < -0.39 is 5.41 Å². The molecule has 0 bridgehead atoms. The van der Waals surface area contributed by atoms with Crippen molar-refractivity contribution in [2.45, 2.75) is 26.2 Å². The van der Waals surface area contributed by atoms with Gasteiger partial charge in [-0.1, -0.05) is 30.0 Å². The van der Waals surface area contributed by atoms with Gasteiger partial charge in [-0.15, -0.1) is 0 Å². The van der Waals surface area contributed by atoms with E-state index in [4.69, 9.17) is 0 Å². The number of carbonyl (C=O) groups is 2. The number of amides is 2. The fraction of sp³-hybridized carbons (Fsp3) is 0.231. The molecule has 1 aliphatic rings. The van der Waals surface area contributed by atoms with Crippen molar-refractivity contribution in [2.75, 3.05) is 23.0 Å². The Hall–Kier alpha value is -4.23. The van der Waals surface area contributed by atoms with Crippen LogP contribution in [0.1, 0.15) is 36.7 Å². The predicted octanol–water partition coefficient (Wildman–Crippen LogP) is 4.31. The Morgan fingerprint density at radius 2 is 1.97 bits per heavy atom. The summed E-state index contributed by atoms with van der Waals surface area (Å²) in [6, 6.07) is 16.6. The van der Waals surface area contributed by atoms with Gasteiger partial charge in [0.15, 0.2) is 5.17 Å². The molecule has 0 fully saturated rings. The Kier molecular flexibility index (Phi) is 8.40. The second kappa shape index (κ2) is 11.5. The summed E-state index contributed by atoms with van der Waals surface area (Å²) in [5.41, 5.74) is 2.56. The summed E-state index contributed by atoms with van der Waals surface area (Å²) in [5.74, 6) is 0.467. The van der Waals surface area contributed by atoms with Crippen molar-refractivity contribution >= 4 is 52.8 Å². The quantitative estimate of drug-likeness (QED) is 0.467. The number of benzene rings is 2. The smallest absolute Gasteiger partial charge is 0.255 e. The third-order valence-corrected chi connectivity index (χ3v) is 6.18. The highest BCUT2D eigenvalue weighted by atomic mass is 32.2. The summed E-state index contributed by atoms with van der Waals surface area (Å²) in [6.07, 6.45) is 1.59. The van der Waals surface area contributed by atoms with E-state index in [0.29, 0.717) is 33.8 Å². The zero-order valence-corrected chi connectivity index (χ0v) is 21.4. The lowest BCUT2D eigenvalue weighted by molar-refractivity contribution is -0.117. The molecule has 1 aliphatic heterocycles. The van der Waals surface area contributed by atoms with Crippen molar-refractivity contribution in [3.05, 3.63) is 71.6 Å². The van der Waals surface area contributed by atoms with Gasteiger partial charge in [0, 0.05) is 36.7 Å². The average molecular weight is 502 g/mol. The van der Waals surface area contributed by atoms with Crippen LogP contribution in [0.3, 0.4) is 0 Å². The number of aliphatic imine (C=N–C) groups is 3. The molecule has 0 saturated carbocycles. The molecule has 0 unspecified atom stereocenters. The second-order valence-corrected chi connectivity index (χ2v) is 9.44. The molecule has 2 aromatic rings. The van der Waals surface area contributed by atoms with Crippen LogP contribution >= 0.6 is 11.8 Å². The number of nitriles is 1. The number of anilines is 2. The van der Waals surface area contributed by atoms with Gasteiger partial charge in [-0.25, -0.2) is 15.0 Å². The first-order valence-electron chi connectivity index (χ1n) is 11.0. The van der Waals surface area contributed by atoms with Gasteiger partial charge in [-0.2, -0.15) is 5.26 Å². The van der Waals surface area contributed by atoms with Crippen molar-refractivity contribution in [3.63, 3.8) is 0 Å². The molecule has 0 aromatic heterocycles. The van der Waals surface area contributed by atoms with Gasteiger partial charge < -0.3 is 15.5 Å². The highest BCUT2D eigenvalue weighted by molar-refractivity contribution is 8.14. The molecule has 2 amide bonds. The first kappa shape index (κ1) is 26.4. The van der Waals surface area contributed by atoms with E-state index in [-0.39, 0.29) is 11.8 Å². The maximum atomic E-state index is 12.9. The van der Waals surface area contributed by atoms with Crippen LogP contribution in [0.2, 0.25) is 0 Å². The van der Waals surface area contributed by atoms with Crippen LogP contribution in [0, 0.1) is 11.3 Å². The minimum absolute atomic E-state index is 0.176. The SMILES string of the molecule is C=N/C(=N\C=C1/CSC(NC(C)=O)=N1)N(C)c1cccc(NC(=O)c2cccc(C(C)(C)C#N)c2)c1. The van der Waals surface area contributed by atoms with Gasteiger partial charge >= 0.3 is 0 Å². The Balaban J connectivity index is 1.76. The summed E-state index contributed by atoms with van der Waals surface area (Å²) in [7, 11) is 1.79. The van der Waals surface area contributed by atoms with Crippen LogP contribution in [0.4, 0.5) is 11.4 Å². The van der Waals surface area contributed by atoms with E-state index >= 15 is 0 Å². The van der Waals surface area contributed by atoms with Crippen LogP contribution in [0.15, 0.2) is 75.4 Å². The summed E-state index contributed by atoms with van der Waals surface area (Å²) in [6.45, 7) is 8.66. The lowest BCUT2D eigenvalue weighted by atomic mass is 9.85. The van der Waals surface area contributed by atoms with E-state index in [1.807, 2.05) is 32.0 Å². The normalized spacial score (nSPS) is 14.6. The highest BCUT2D eigenvalue weighted by Crippen LogP contribution is 2.24. The van der Waals surface area contributed by atoms with E-state index in [1.165, 1.54) is 18.7 Å². The maximum absolute atomic E-state index is 12.9. The molecule has 2 N–H and O–H groups in total. The van der Waals surface area contributed by atoms with Crippen LogP contribution in [0.5, 0.6) is 0 Å². The van der Waals surface area contributed by atoms with Crippen molar-refractivity contribution in [2.24, 2.45) is 15.0 Å². The lowest BCUT2D eigenvalue weighted by Gasteiger charge is -2.19. The van der Waals surface area contributed by atoms with Crippen LogP contribution in [0.25, 0.3) is 0 Å². The first-order chi connectivity index (χ1) is 17.1. The van der Waals surface area contributed by atoms with E-state index in [9.17, 15) is 14.9 Å². The van der Waals surface area contributed by atoms with Gasteiger partial charge in [0.05, 0.1) is 23.4 Å². The topological polar surface area (TPSA) is 122 Å². The molecule has 10 heteroatoms. The van der Waals surface area contributed by atoms with Gasteiger partial charge in [0.1, 0.15) is 0 Å². The Bertz CT molecular complexity index is 1320. The minimum Gasteiger partial charge on any atom is -0.322 e. The molecule has 0 spiro atoms. The number of thioether (sulfide) groups is 1. The molecular weight excluding hydrogens is 474 g/mol. The molecular formula is C26H27N7O2S. The summed E-state index contributed by atoms with van der Waals surface area (Å²) >= 11 is 1.42. The number of nitrogens with one attached hydrogen (secondary N) is 2. The van der Waals surface area contributed by atoms with Crippen molar-refractivity contribution in [1.29, 1.82) is 5.26 Å². The average Bonchev–Trinajstić information content (AvgIpc) is 3.31. The number of carbonyl (C=O) groups excluding carboxylic acids is 2. The fourth-order valence-corrected chi connectivity index (χ4v) is 4.03. The van der Waals surface area contributed by atoms with Crippen molar-refractivity contribution in [1.82, 2.24) is 5.32 Å². The van der Waals surface area contributed by atoms with Crippen LogP contribution in [-0.2, 0) is 10.2 Å². The van der Waals surface area contributed by atoms with E-state index in [2.05, 4.69) is 38.4 Å². The van der Waals surface area contributed by atoms with Crippen LogP contribution < -0.4 is 15.5 Å². The first-order valence-corrected chi connectivity index (χ1v) is 12.0. The van der Waals surface area contributed by atoms with Gasteiger partial charge in [0.25, 0.3) is 5.91 Å². The number of hydrogen-bond donors (Lipinski definition) is 2. The molecule has 0 atom stereocenters. The second-order valence-electron chi connectivity index (χ2n) is 8.48. The minimum atomic E-state index is -0.699. The molecule has 36 heavy (non-hydrogen) atoms. The fourth-order valence-electron chi connectivity index (χ4n) is 3.21. The van der Waals surface area contributed by atoms with Gasteiger partial charge in [-0.3, -0.25) is 9.59 Å². The Labute approximate surface area is 214 Å². The predicted molar refractivity (Wildman–Crippen MR) is 147 cm³/mol. The maximum Gasteiger partial charge on any atom is 0.255 e. The zero-order valence-electron chi connectivity index (χ0n) is 20.6. The number of rotatable bonds is 5. The molecule has 1 heterocycles. The standard InChI is InChI=1S/C26H27N7O2S/c1-17(34)30-25-32-21(15-36-25)14-29-24(28-4)33(5)22-11-7-10-20(13-22)31-23(35)18-8-6-9-19(12-18)26(2,3)16-27/h6-14H,4,15H2,1-3,5H3,(H,31,35)(H,30,32,34)/b21-14+,29-24+. The molecule has 0 saturated heterocycles. The molecule has 0 radical (unpaired) electrons. The Morgan fingerprint density at radius 1 is 1.22 bits per heavy atom. The third-order valence-electron chi connectivity index (χ3n) is 5.27. The molecule has 9 nitrogen and oxygen atoms in total. The third kappa shape index (κ3) is 6.67. The molecule has 184 valence electrons. The number of nitrogens with zero attached hydrogens (tertiary/aromatic N) is 5.